The van der Waals surface area contributed by atoms with E-state index in [1.807, 2.05) is 0 Å². The highest BCUT2D eigenvalue weighted by atomic mass is 16.7. The van der Waals surface area contributed by atoms with E-state index in [2.05, 4.69) is 10.1 Å². The van der Waals surface area contributed by atoms with Crippen molar-refractivity contribution in [2.75, 3.05) is 19.6 Å². The summed E-state index contributed by atoms with van der Waals surface area (Å²) in [6.45, 7) is 2.18. The number of fused-ring (bicyclic) bond motifs is 2. The van der Waals surface area contributed by atoms with Crippen LogP contribution in [0, 0.1) is 5.92 Å². The number of nitrogens with zero attached hydrogens (tertiary/aromatic N) is 3. The summed E-state index contributed by atoms with van der Waals surface area (Å²) >= 11 is 0. The van der Waals surface area contributed by atoms with Crippen LogP contribution in [-0.4, -0.2) is 59.1 Å². The average molecular weight is 398 g/mol. The number of hydrogen-bond donors (Lipinski definition) is 1. The number of piperidine rings is 2. The highest BCUT2D eigenvalue weighted by Gasteiger charge is 2.38. The molecule has 8 heteroatoms. The van der Waals surface area contributed by atoms with Crippen molar-refractivity contribution >= 4 is 23.6 Å². The van der Waals surface area contributed by atoms with Gasteiger partial charge < -0.3 is 10.6 Å². The average Bonchev–Trinajstić information content (AvgIpc) is 3.00. The number of imide groups is 1. The Hall–Kier alpha value is -2.74. The fourth-order valence-corrected chi connectivity index (χ4v) is 4.62. The molecule has 1 aromatic carbocycles. The summed E-state index contributed by atoms with van der Waals surface area (Å²) in [6, 6.07) is 6.95. The zero-order valence-corrected chi connectivity index (χ0v) is 16.4. The lowest BCUT2D eigenvalue weighted by Gasteiger charge is -2.42. The van der Waals surface area contributed by atoms with Crippen molar-refractivity contribution in [2.45, 2.75) is 44.6 Å². The van der Waals surface area contributed by atoms with E-state index in [1.165, 1.54) is 6.42 Å². The molecule has 2 N–H and O–H groups in total. The van der Waals surface area contributed by atoms with Crippen molar-refractivity contribution in [3.63, 3.8) is 0 Å². The van der Waals surface area contributed by atoms with Crippen LogP contribution in [0.15, 0.2) is 29.4 Å². The Labute approximate surface area is 169 Å². The van der Waals surface area contributed by atoms with Crippen molar-refractivity contribution in [1.82, 2.24) is 9.80 Å². The van der Waals surface area contributed by atoms with Gasteiger partial charge in [0.1, 0.15) is 5.84 Å². The summed E-state index contributed by atoms with van der Waals surface area (Å²) in [5.41, 5.74) is 6.66. The van der Waals surface area contributed by atoms with E-state index in [9.17, 15) is 14.4 Å². The number of oxime groups is 1. The predicted molar refractivity (Wildman–Crippen MR) is 106 cm³/mol. The zero-order valence-electron chi connectivity index (χ0n) is 16.4. The largest absolute Gasteiger partial charge is 0.384 e. The second-order valence-corrected chi connectivity index (χ2v) is 7.90. The first-order valence-corrected chi connectivity index (χ1v) is 10.3. The van der Waals surface area contributed by atoms with Crippen molar-refractivity contribution in [3.8, 4) is 0 Å². The molecule has 0 unspecified atom stereocenters. The Bertz CT molecular complexity index is 816. The molecule has 0 saturated carbocycles. The van der Waals surface area contributed by atoms with E-state index in [4.69, 9.17) is 10.6 Å². The smallest absolute Gasteiger partial charge is 0.339 e. The highest BCUT2D eigenvalue weighted by Crippen LogP contribution is 2.31. The lowest BCUT2D eigenvalue weighted by atomic mass is 9.84. The Morgan fingerprint density at radius 1 is 1.07 bits per heavy atom. The number of amidine groups is 1. The molecule has 8 nitrogen and oxygen atoms in total. The van der Waals surface area contributed by atoms with Crippen LogP contribution < -0.4 is 5.73 Å². The van der Waals surface area contributed by atoms with Crippen LogP contribution in [0.2, 0.25) is 0 Å². The van der Waals surface area contributed by atoms with Crippen LogP contribution in [0.25, 0.3) is 0 Å². The third-order valence-electron chi connectivity index (χ3n) is 6.11. The van der Waals surface area contributed by atoms with Crippen molar-refractivity contribution in [1.29, 1.82) is 0 Å². The minimum Gasteiger partial charge on any atom is -0.384 e. The molecular weight excluding hydrogens is 372 g/mol. The normalized spacial score (nSPS) is 25.0. The summed E-state index contributed by atoms with van der Waals surface area (Å²) in [5, 5.41) is 3.77. The predicted octanol–water partition coefficient (Wildman–Crippen LogP) is 1.75. The van der Waals surface area contributed by atoms with E-state index in [1.54, 1.807) is 24.3 Å². The molecule has 29 heavy (non-hydrogen) atoms. The number of carbonyl (C=O) groups excluding carboxylic acids is 3. The molecule has 2 fully saturated rings. The van der Waals surface area contributed by atoms with Crippen molar-refractivity contribution < 1.29 is 19.2 Å². The van der Waals surface area contributed by atoms with E-state index < -0.39 is 0 Å². The Morgan fingerprint density at radius 2 is 1.76 bits per heavy atom. The quantitative estimate of drug-likeness (QED) is 0.266. The van der Waals surface area contributed by atoms with Gasteiger partial charge in [-0.25, -0.2) is 4.79 Å². The first-order valence-electron chi connectivity index (χ1n) is 10.3. The number of benzene rings is 1. The Balaban J connectivity index is 1.31. The number of hydrogen-bond acceptors (Lipinski definition) is 6. The Morgan fingerprint density at radius 3 is 2.48 bits per heavy atom. The third-order valence-corrected chi connectivity index (χ3v) is 6.11. The SMILES string of the molecule is N/C(CCN1C(=O)c2ccccc2C1=O)=N/OC(=O)[C@@H]1CCCN2CCCC[C@@H]12. The topological polar surface area (TPSA) is 105 Å². The first-order chi connectivity index (χ1) is 14.1. The van der Waals surface area contributed by atoms with E-state index in [-0.39, 0.29) is 48.5 Å². The minimum absolute atomic E-state index is 0.0891. The minimum atomic E-state index is -0.342. The van der Waals surface area contributed by atoms with Crippen LogP contribution in [0.4, 0.5) is 0 Å². The van der Waals surface area contributed by atoms with Gasteiger partial charge in [0.15, 0.2) is 0 Å². The van der Waals surface area contributed by atoms with Gasteiger partial charge in [0.05, 0.1) is 17.0 Å². The maximum Gasteiger partial charge on any atom is 0.339 e. The molecule has 2 amide bonds. The van der Waals surface area contributed by atoms with Gasteiger partial charge in [0.2, 0.25) is 0 Å². The molecule has 154 valence electrons. The maximum atomic E-state index is 12.5. The van der Waals surface area contributed by atoms with E-state index in [0.29, 0.717) is 11.1 Å². The summed E-state index contributed by atoms with van der Waals surface area (Å²) in [7, 11) is 0. The molecule has 0 spiro atoms. The molecule has 3 aliphatic heterocycles. The van der Waals surface area contributed by atoms with E-state index >= 15 is 0 Å². The van der Waals surface area contributed by atoms with Crippen LogP contribution >= 0.6 is 0 Å². The van der Waals surface area contributed by atoms with Gasteiger partial charge in [-0.05, 0) is 50.9 Å². The van der Waals surface area contributed by atoms with Gasteiger partial charge in [-0.3, -0.25) is 19.4 Å². The molecule has 2 atom stereocenters. The fraction of sp³-hybridized carbons (Fsp3) is 0.524. The molecule has 0 aromatic heterocycles. The number of rotatable bonds is 5. The van der Waals surface area contributed by atoms with Crippen molar-refractivity contribution in [2.24, 2.45) is 16.8 Å². The van der Waals surface area contributed by atoms with Gasteiger partial charge in [-0.15, -0.1) is 0 Å². The Kier molecular flexibility index (Phi) is 5.62. The standard InChI is InChI=1S/C21H26N4O4/c22-18(10-13-25-19(26)14-6-1-2-7-15(14)20(25)27)23-29-21(28)16-8-5-12-24-11-4-3-9-17(16)24/h1-2,6-7,16-17H,3-5,8-13H2,(H2,22,23)/t16-,17+/m1/s1. The van der Waals surface area contributed by atoms with Gasteiger partial charge in [-0.2, -0.15) is 0 Å². The fourth-order valence-electron chi connectivity index (χ4n) is 4.62. The van der Waals surface area contributed by atoms with Crippen LogP contribution in [0.5, 0.6) is 0 Å². The van der Waals surface area contributed by atoms with Crippen LogP contribution in [-0.2, 0) is 9.63 Å². The van der Waals surface area contributed by atoms with Crippen LogP contribution in [0.3, 0.4) is 0 Å². The summed E-state index contributed by atoms with van der Waals surface area (Å²) < 4.78 is 0. The summed E-state index contributed by atoms with van der Waals surface area (Å²) in [4.78, 5) is 45.9. The maximum absolute atomic E-state index is 12.5. The number of nitrogens with two attached hydrogens (primary N) is 1. The van der Waals surface area contributed by atoms with Crippen molar-refractivity contribution in [3.05, 3.63) is 35.4 Å². The molecule has 3 aliphatic rings. The molecule has 2 saturated heterocycles. The van der Waals surface area contributed by atoms with Crippen LogP contribution in [0.1, 0.15) is 59.2 Å². The number of amides is 2. The monoisotopic (exact) mass is 398 g/mol. The number of carbonyl (C=O) groups is 3. The van der Waals surface area contributed by atoms with Gasteiger partial charge >= 0.3 is 5.97 Å². The summed E-state index contributed by atoms with van der Waals surface area (Å²) in [5.74, 6) is -1.10. The zero-order chi connectivity index (χ0) is 20.4. The van der Waals surface area contributed by atoms with Gasteiger partial charge in [0, 0.05) is 19.0 Å². The highest BCUT2D eigenvalue weighted by molar-refractivity contribution is 6.21. The summed E-state index contributed by atoms with van der Waals surface area (Å²) in [6.07, 6.45) is 5.27. The second-order valence-electron chi connectivity index (χ2n) is 7.90. The van der Waals surface area contributed by atoms with Gasteiger partial charge in [-0.1, -0.05) is 23.7 Å². The lowest BCUT2D eigenvalue weighted by Crippen LogP contribution is -2.50. The molecule has 0 bridgehead atoms. The molecule has 3 heterocycles. The van der Waals surface area contributed by atoms with Gasteiger partial charge in [0.25, 0.3) is 11.8 Å². The molecule has 0 aliphatic carbocycles. The molecular formula is C21H26N4O4. The first kappa shape index (κ1) is 19.6. The third kappa shape index (κ3) is 3.89. The molecule has 0 radical (unpaired) electrons. The lowest BCUT2D eigenvalue weighted by molar-refractivity contribution is -0.153. The van der Waals surface area contributed by atoms with E-state index in [0.717, 1.165) is 43.7 Å². The second kappa shape index (κ2) is 8.32. The molecule has 4 rings (SSSR count). The molecule has 1 aromatic rings.